The minimum atomic E-state index is -0.507. The van der Waals surface area contributed by atoms with Crippen LogP contribution in [0.2, 0.25) is 0 Å². The Bertz CT molecular complexity index is 883. The number of hydrogen-bond acceptors (Lipinski definition) is 3. The average Bonchev–Trinajstić information content (AvgIpc) is 2.91. The molecule has 0 radical (unpaired) electrons. The molecular weight excluding hydrogens is 335 g/mol. The number of benzene rings is 1. The van der Waals surface area contributed by atoms with E-state index in [1.54, 1.807) is 11.7 Å². The van der Waals surface area contributed by atoms with Crippen LogP contribution in [0.4, 0.5) is 15.0 Å². The normalized spacial score (nSPS) is 24.2. The highest BCUT2D eigenvalue weighted by Crippen LogP contribution is 2.39. The van der Waals surface area contributed by atoms with Crippen molar-refractivity contribution in [2.75, 3.05) is 11.4 Å². The number of nitrogens with one attached hydrogen (secondary N) is 1. The Kier molecular flexibility index (Phi) is 4.17. The van der Waals surface area contributed by atoms with Crippen LogP contribution in [-0.4, -0.2) is 28.3 Å². The van der Waals surface area contributed by atoms with E-state index in [0.29, 0.717) is 17.1 Å². The third-order valence-electron chi connectivity index (χ3n) is 5.71. The molecule has 0 unspecified atom stereocenters. The van der Waals surface area contributed by atoms with Gasteiger partial charge in [0.15, 0.2) is 5.82 Å². The van der Waals surface area contributed by atoms with Crippen LogP contribution in [0, 0.1) is 11.7 Å². The van der Waals surface area contributed by atoms with Crippen molar-refractivity contribution in [1.82, 2.24) is 15.1 Å². The zero-order valence-corrected chi connectivity index (χ0v) is 15.1. The van der Waals surface area contributed by atoms with Crippen molar-refractivity contribution < 1.29 is 14.0 Å². The van der Waals surface area contributed by atoms with Gasteiger partial charge in [-0.15, -0.1) is 0 Å². The number of imide groups is 1. The number of carbonyl (C=O) groups is 2. The molecular formula is C19H23FN4O2. The van der Waals surface area contributed by atoms with Gasteiger partial charge in [0.25, 0.3) is 0 Å². The van der Waals surface area contributed by atoms with Crippen LogP contribution in [-0.2, 0) is 11.8 Å². The molecule has 3 amide bonds. The predicted octanol–water partition coefficient (Wildman–Crippen LogP) is 3.45. The van der Waals surface area contributed by atoms with Crippen molar-refractivity contribution >= 4 is 28.7 Å². The van der Waals surface area contributed by atoms with Crippen LogP contribution in [0.5, 0.6) is 0 Å². The van der Waals surface area contributed by atoms with Crippen molar-refractivity contribution in [2.45, 2.75) is 44.9 Å². The van der Waals surface area contributed by atoms with E-state index >= 15 is 0 Å². The van der Waals surface area contributed by atoms with Crippen molar-refractivity contribution in [3.63, 3.8) is 0 Å². The summed E-state index contributed by atoms with van der Waals surface area (Å²) < 4.78 is 16.6. The third kappa shape index (κ3) is 2.85. The molecule has 1 saturated carbocycles. The molecule has 6 nitrogen and oxygen atoms in total. The smallest absolute Gasteiger partial charge is 0.278 e. The van der Waals surface area contributed by atoms with Crippen molar-refractivity contribution in [3.8, 4) is 0 Å². The van der Waals surface area contributed by atoms with Gasteiger partial charge in [-0.1, -0.05) is 19.8 Å². The Balaban J connectivity index is 1.73. The van der Waals surface area contributed by atoms with E-state index < -0.39 is 6.03 Å². The van der Waals surface area contributed by atoms with E-state index in [4.69, 9.17) is 0 Å². The van der Waals surface area contributed by atoms with E-state index in [2.05, 4.69) is 17.3 Å². The topological polar surface area (TPSA) is 67.2 Å². The molecule has 138 valence electrons. The molecule has 1 N–H and O–H groups in total. The molecule has 0 spiro atoms. The zero-order chi connectivity index (χ0) is 18.4. The lowest BCUT2D eigenvalue weighted by Gasteiger charge is -2.27. The van der Waals surface area contributed by atoms with Gasteiger partial charge in [0.1, 0.15) is 5.82 Å². The molecule has 0 atom stereocenters. The quantitative estimate of drug-likeness (QED) is 0.894. The Hall–Kier alpha value is -2.44. The number of rotatable bonds is 2. The van der Waals surface area contributed by atoms with Gasteiger partial charge in [0.2, 0.25) is 5.91 Å². The lowest BCUT2D eigenvalue weighted by Crippen LogP contribution is -2.49. The fourth-order valence-corrected chi connectivity index (χ4v) is 4.12. The first-order valence-electron chi connectivity index (χ1n) is 9.21. The molecule has 1 aromatic carbocycles. The van der Waals surface area contributed by atoms with Crippen molar-refractivity contribution in [3.05, 3.63) is 23.5 Å². The number of nitrogens with zero attached hydrogens (tertiary/aromatic N) is 3. The summed E-state index contributed by atoms with van der Waals surface area (Å²) in [7, 11) is 1.80. The molecule has 2 aromatic rings. The van der Waals surface area contributed by atoms with Gasteiger partial charge >= 0.3 is 6.03 Å². The van der Waals surface area contributed by atoms with E-state index in [1.165, 1.54) is 11.0 Å². The number of fused-ring (bicyclic) bond motifs is 1. The zero-order valence-electron chi connectivity index (χ0n) is 15.1. The summed E-state index contributed by atoms with van der Waals surface area (Å²) in [6.07, 6.45) is 4.47. The number of anilines is 1. The predicted molar refractivity (Wildman–Crippen MR) is 96.5 cm³/mol. The van der Waals surface area contributed by atoms with E-state index in [1.807, 2.05) is 6.07 Å². The van der Waals surface area contributed by atoms with Crippen LogP contribution < -0.4 is 10.2 Å². The minimum Gasteiger partial charge on any atom is -0.278 e. The van der Waals surface area contributed by atoms with Crippen molar-refractivity contribution in [2.24, 2.45) is 13.0 Å². The highest BCUT2D eigenvalue weighted by Gasteiger charge is 2.29. The van der Waals surface area contributed by atoms with Crippen LogP contribution in [0.3, 0.4) is 0 Å². The second-order valence-corrected chi connectivity index (χ2v) is 7.55. The SMILES string of the molecule is CC1CCC(c2cc3c(cc2F)c(N2CCC(=O)NC2=O)nn3C)CC1. The average molecular weight is 358 g/mol. The van der Waals surface area contributed by atoms with Gasteiger partial charge in [-0.3, -0.25) is 19.7 Å². The first kappa shape index (κ1) is 17.0. The molecule has 26 heavy (non-hydrogen) atoms. The van der Waals surface area contributed by atoms with Crippen LogP contribution >= 0.6 is 0 Å². The van der Waals surface area contributed by atoms with Crippen LogP contribution in [0.1, 0.15) is 50.5 Å². The number of aromatic nitrogens is 2. The number of aryl methyl sites for hydroxylation is 1. The number of urea groups is 1. The van der Waals surface area contributed by atoms with E-state index in [9.17, 15) is 14.0 Å². The lowest BCUT2D eigenvalue weighted by molar-refractivity contribution is -0.120. The van der Waals surface area contributed by atoms with Gasteiger partial charge in [-0.05, 0) is 42.4 Å². The molecule has 0 bridgehead atoms. The molecule has 1 aliphatic carbocycles. The summed E-state index contributed by atoms with van der Waals surface area (Å²) in [5.41, 5.74) is 1.55. The maximum Gasteiger partial charge on any atom is 0.329 e. The molecule has 1 aromatic heterocycles. The fraction of sp³-hybridized carbons (Fsp3) is 0.526. The van der Waals surface area contributed by atoms with Gasteiger partial charge in [0.05, 0.1) is 5.52 Å². The van der Waals surface area contributed by atoms with Gasteiger partial charge in [0, 0.05) is 25.4 Å². The largest absolute Gasteiger partial charge is 0.329 e. The number of amides is 3. The third-order valence-corrected chi connectivity index (χ3v) is 5.71. The van der Waals surface area contributed by atoms with Gasteiger partial charge in [-0.25, -0.2) is 9.18 Å². The highest BCUT2D eigenvalue weighted by atomic mass is 19.1. The molecule has 7 heteroatoms. The molecule has 1 aliphatic heterocycles. The molecule has 2 fully saturated rings. The van der Waals surface area contributed by atoms with Crippen LogP contribution in [0.25, 0.3) is 10.9 Å². The summed E-state index contributed by atoms with van der Waals surface area (Å²) >= 11 is 0. The Morgan fingerprint density at radius 2 is 1.92 bits per heavy atom. The summed E-state index contributed by atoms with van der Waals surface area (Å²) in [5, 5.41) is 7.32. The second kappa shape index (κ2) is 6.37. The summed E-state index contributed by atoms with van der Waals surface area (Å²) in [4.78, 5) is 24.9. The van der Waals surface area contributed by atoms with Crippen LogP contribution in [0.15, 0.2) is 12.1 Å². The Morgan fingerprint density at radius 1 is 1.19 bits per heavy atom. The van der Waals surface area contributed by atoms with Crippen molar-refractivity contribution in [1.29, 1.82) is 0 Å². The van der Waals surface area contributed by atoms with Gasteiger partial charge in [-0.2, -0.15) is 5.10 Å². The lowest BCUT2D eigenvalue weighted by atomic mass is 9.79. The first-order chi connectivity index (χ1) is 12.4. The molecule has 2 heterocycles. The molecule has 2 aliphatic rings. The second-order valence-electron chi connectivity index (χ2n) is 7.55. The molecule has 4 rings (SSSR count). The maximum absolute atomic E-state index is 14.9. The number of halogens is 1. The monoisotopic (exact) mass is 358 g/mol. The Labute approximate surface area is 151 Å². The number of hydrogen-bond donors (Lipinski definition) is 1. The van der Waals surface area contributed by atoms with Gasteiger partial charge < -0.3 is 0 Å². The summed E-state index contributed by atoms with van der Waals surface area (Å²) in [5.74, 6) is 0.813. The first-order valence-corrected chi connectivity index (χ1v) is 9.21. The van der Waals surface area contributed by atoms with E-state index in [0.717, 1.165) is 36.8 Å². The standard InChI is InChI=1S/C19H23FN4O2/c1-11-3-5-12(6-4-11)13-10-16-14(9-15(13)20)18(22-23(16)2)24-8-7-17(25)21-19(24)26/h9-12H,3-8H2,1-2H3,(H,21,25,26). The van der Waals surface area contributed by atoms with E-state index in [-0.39, 0.29) is 30.6 Å². The summed E-state index contributed by atoms with van der Waals surface area (Å²) in [6.45, 7) is 2.50. The Morgan fingerprint density at radius 3 is 2.62 bits per heavy atom. The summed E-state index contributed by atoms with van der Waals surface area (Å²) in [6, 6.07) is 2.87. The maximum atomic E-state index is 14.9. The minimum absolute atomic E-state index is 0.213. The fourth-order valence-electron chi connectivity index (χ4n) is 4.12. The molecule has 1 saturated heterocycles. The number of carbonyl (C=O) groups excluding carboxylic acids is 2. The highest BCUT2D eigenvalue weighted by molar-refractivity contribution is 6.08.